The molecule has 1 fully saturated rings. The Balaban J connectivity index is 2.03. The van der Waals surface area contributed by atoms with Gasteiger partial charge in [0, 0.05) is 31.0 Å². The molecule has 0 unspecified atom stereocenters. The Bertz CT molecular complexity index is 923. The summed E-state index contributed by atoms with van der Waals surface area (Å²) >= 11 is 0. The number of nitrogens with zero attached hydrogens (tertiary/aromatic N) is 3. The fourth-order valence-electron chi connectivity index (χ4n) is 3.40. The highest BCUT2D eigenvalue weighted by Crippen LogP contribution is 2.39. The minimum absolute atomic E-state index is 0.0900. The van der Waals surface area contributed by atoms with Crippen LogP contribution in [0, 0.1) is 0 Å². The molecular weight excluding hydrogens is 382 g/mol. The number of ether oxygens (including phenoxy) is 1. The first kappa shape index (κ1) is 21.5. The van der Waals surface area contributed by atoms with Gasteiger partial charge in [-0.05, 0) is 62.5 Å². The van der Waals surface area contributed by atoms with Gasteiger partial charge in [-0.3, -0.25) is 14.6 Å². The molecule has 2 heterocycles. The molecular formula is C23H27N3O4. The number of hydrogen-bond acceptors (Lipinski definition) is 6. The van der Waals surface area contributed by atoms with Crippen LogP contribution in [0.1, 0.15) is 30.5 Å². The Hall–Kier alpha value is -3.19. The number of aromatic nitrogens is 1. The van der Waals surface area contributed by atoms with Crippen LogP contribution < -0.4 is 4.74 Å². The van der Waals surface area contributed by atoms with Crippen LogP contribution in [0.15, 0.2) is 54.4 Å². The molecule has 1 N–H and O–H groups in total. The number of aliphatic hydroxyl groups excluding tert-OH is 1. The summed E-state index contributed by atoms with van der Waals surface area (Å²) in [4.78, 5) is 33.2. The third kappa shape index (κ3) is 4.52. The van der Waals surface area contributed by atoms with Crippen LogP contribution in [-0.2, 0) is 9.59 Å². The van der Waals surface area contributed by atoms with Gasteiger partial charge in [0.25, 0.3) is 11.7 Å². The fraction of sp³-hybridized carbons (Fsp3) is 0.348. The summed E-state index contributed by atoms with van der Waals surface area (Å²) in [6.45, 7) is 3.59. The molecule has 1 aliphatic rings. The number of pyridine rings is 1. The smallest absolute Gasteiger partial charge is 0.295 e. The second kappa shape index (κ2) is 9.54. The van der Waals surface area contributed by atoms with Crippen LogP contribution >= 0.6 is 0 Å². The lowest BCUT2D eigenvalue weighted by atomic mass is 9.96. The predicted molar refractivity (Wildman–Crippen MR) is 114 cm³/mol. The van der Waals surface area contributed by atoms with Crippen LogP contribution in [0.4, 0.5) is 0 Å². The number of likely N-dealkylation sites (tertiary alicyclic amines) is 1. The first-order chi connectivity index (χ1) is 14.4. The van der Waals surface area contributed by atoms with Crippen molar-refractivity contribution in [1.29, 1.82) is 0 Å². The van der Waals surface area contributed by atoms with E-state index in [-0.39, 0.29) is 11.3 Å². The number of carbonyl (C=O) groups is 2. The first-order valence-electron chi connectivity index (χ1n) is 10.00. The van der Waals surface area contributed by atoms with E-state index in [9.17, 15) is 14.7 Å². The molecule has 30 heavy (non-hydrogen) atoms. The Morgan fingerprint density at radius 3 is 2.40 bits per heavy atom. The average Bonchev–Trinajstić information content (AvgIpc) is 3.01. The van der Waals surface area contributed by atoms with E-state index in [4.69, 9.17) is 4.74 Å². The standard InChI is InChI=1S/C23H27N3O4/c1-4-15-30-18-7-5-17(6-8-18)21(27)19-20(16-9-11-24-12-10-16)26(14-13-25(2)3)23(29)22(19)28/h5-12,20,27H,4,13-15H2,1-3H3/t20-/m1/s1. The molecule has 2 aromatic rings. The maximum absolute atomic E-state index is 12.9. The summed E-state index contributed by atoms with van der Waals surface area (Å²) < 4.78 is 5.58. The number of amides is 1. The van der Waals surface area contributed by atoms with Crippen molar-refractivity contribution in [1.82, 2.24) is 14.8 Å². The number of likely N-dealkylation sites (N-methyl/N-ethyl adjacent to an activating group) is 1. The van der Waals surface area contributed by atoms with Crippen molar-refractivity contribution in [2.75, 3.05) is 33.8 Å². The van der Waals surface area contributed by atoms with Gasteiger partial charge in [-0.1, -0.05) is 6.92 Å². The molecule has 1 aromatic carbocycles. The number of aliphatic hydroxyl groups is 1. The van der Waals surface area contributed by atoms with Crippen molar-refractivity contribution in [2.45, 2.75) is 19.4 Å². The van der Waals surface area contributed by atoms with Crippen molar-refractivity contribution in [3.05, 3.63) is 65.5 Å². The molecule has 1 saturated heterocycles. The van der Waals surface area contributed by atoms with E-state index in [1.54, 1.807) is 48.8 Å². The highest BCUT2D eigenvalue weighted by molar-refractivity contribution is 6.46. The zero-order valence-electron chi connectivity index (χ0n) is 17.5. The Kier molecular flexibility index (Phi) is 6.84. The van der Waals surface area contributed by atoms with Crippen LogP contribution in [0.3, 0.4) is 0 Å². The quantitative estimate of drug-likeness (QED) is 0.410. The van der Waals surface area contributed by atoms with E-state index in [2.05, 4.69) is 4.98 Å². The van der Waals surface area contributed by atoms with Gasteiger partial charge in [0.1, 0.15) is 11.5 Å². The Morgan fingerprint density at radius 2 is 1.80 bits per heavy atom. The number of benzene rings is 1. The van der Waals surface area contributed by atoms with Crippen LogP contribution in [0.5, 0.6) is 5.75 Å². The minimum Gasteiger partial charge on any atom is -0.507 e. The van der Waals surface area contributed by atoms with E-state index >= 15 is 0 Å². The first-order valence-corrected chi connectivity index (χ1v) is 10.00. The van der Waals surface area contributed by atoms with E-state index in [1.165, 1.54) is 4.90 Å². The monoisotopic (exact) mass is 409 g/mol. The van der Waals surface area contributed by atoms with Gasteiger partial charge in [-0.2, -0.15) is 0 Å². The summed E-state index contributed by atoms with van der Waals surface area (Å²) in [6, 6.07) is 9.73. The van der Waals surface area contributed by atoms with Gasteiger partial charge in [-0.25, -0.2) is 0 Å². The zero-order chi connectivity index (χ0) is 21.7. The molecule has 7 heteroatoms. The molecule has 0 spiro atoms. The van der Waals surface area contributed by atoms with E-state index in [0.717, 1.165) is 12.0 Å². The number of ketones is 1. The molecule has 0 aliphatic carbocycles. The lowest BCUT2D eigenvalue weighted by molar-refractivity contribution is -0.140. The predicted octanol–water partition coefficient (Wildman–Crippen LogP) is 2.85. The number of Topliss-reactive ketones (excluding diaryl/α,β-unsaturated/α-hetero) is 1. The number of rotatable bonds is 8. The maximum Gasteiger partial charge on any atom is 0.295 e. The summed E-state index contributed by atoms with van der Waals surface area (Å²) in [5.74, 6) is -0.794. The molecule has 7 nitrogen and oxygen atoms in total. The van der Waals surface area contributed by atoms with Crippen molar-refractivity contribution < 1.29 is 19.4 Å². The van der Waals surface area contributed by atoms with Crippen molar-refractivity contribution in [3.8, 4) is 5.75 Å². The molecule has 0 radical (unpaired) electrons. The largest absolute Gasteiger partial charge is 0.507 e. The van der Waals surface area contributed by atoms with Crippen molar-refractivity contribution in [2.24, 2.45) is 0 Å². The van der Waals surface area contributed by atoms with Crippen LogP contribution in [-0.4, -0.2) is 65.4 Å². The molecule has 1 aromatic heterocycles. The van der Waals surface area contributed by atoms with Gasteiger partial charge in [0.05, 0.1) is 18.2 Å². The summed E-state index contributed by atoms with van der Waals surface area (Å²) in [5, 5.41) is 11.0. The normalized spacial score (nSPS) is 18.3. The Labute approximate surface area is 176 Å². The number of hydrogen-bond donors (Lipinski definition) is 1. The maximum atomic E-state index is 12.9. The second-order valence-corrected chi connectivity index (χ2v) is 7.45. The average molecular weight is 409 g/mol. The molecule has 1 amide bonds. The van der Waals surface area contributed by atoms with Gasteiger partial charge >= 0.3 is 0 Å². The molecule has 3 rings (SSSR count). The van der Waals surface area contributed by atoms with E-state index < -0.39 is 17.7 Å². The number of carbonyl (C=O) groups excluding carboxylic acids is 2. The van der Waals surface area contributed by atoms with E-state index in [0.29, 0.717) is 31.0 Å². The molecule has 0 bridgehead atoms. The molecule has 0 saturated carbocycles. The Morgan fingerprint density at radius 1 is 1.13 bits per heavy atom. The van der Waals surface area contributed by atoms with Gasteiger partial charge < -0.3 is 19.6 Å². The van der Waals surface area contributed by atoms with Gasteiger partial charge in [-0.15, -0.1) is 0 Å². The topological polar surface area (TPSA) is 83.0 Å². The fourth-order valence-corrected chi connectivity index (χ4v) is 3.40. The highest BCUT2D eigenvalue weighted by atomic mass is 16.5. The van der Waals surface area contributed by atoms with Crippen LogP contribution in [0.25, 0.3) is 5.76 Å². The zero-order valence-corrected chi connectivity index (χ0v) is 17.5. The third-order valence-electron chi connectivity index (χ3n) is 4.95. The lowest BCUT2D eigenvalue weighted by Gasteiger charge is -2.26. The second-order valence-electron chi connectivity index (χ2n) is 7.45. The highest BCUT2D eigenvalue weighted by Gasteiger charge is 2.45. The molecule has 158 valence electrons. The van der Waals surface area contributed by atoms with E-state index in [1.807, 2.05) is 25.9 Å². The van der Waals surface area contributed by atoms with Crippen molar-refractivity contribution >= 4 is 17.4 Å². The van der Waals surface area contributed by atoms with Gasteiger partial charge in [0.2, 0.25) is 0 Å². The lowest BCUT2D eigenvalue weighted by Crippen LogP contribution is -2.35. The SMILES string of the molecule is CCCOc1ccc(C(O)=C2C(=O)C(=O)N(CCN(C)C)[C@@H]2c2ccncc2)cc1. The minimum atomic E-state index is -0.681. The van der Waals surface area contributed by atoms with Crippen molar-refractivity contribution in [3.63, 3.8) is 0 Å². The van der Waals surface area contributed by atoms with Gasteiger partial charge in [0.15, 0.2) is 0 Å². The summed E-state index contributed by atoms with van der Waals surface area (Å²) in [6.07, 6.45) is 4.12. The summed E-state index contributed by atoms with van der Waals surface area (Å²) in [7, 11) is 3.81. The van der Waals surface area contributed by atoms with Crippen LogP contribution in [0.2, 0.25) is 0 Å². The third-order valence-corrected chi connectivity index (χ3v) is 4.95. The molecule has 1 atom stereocenters. The molecule has 1 aliphatic heterocycles. The summed E-state index contributed by atoms with van der Waals surface area (Å²) in [5.41, 5.74) is 1.28.